The maximum absolute atomic E-state index is 9.01. The van der Waals surface area contributed by atoms with E-state index in [0.29, 0.717) is 29.8 Å². The molecule has 1 aromatic rings. The molecule has 1 heterocycles. The predicted octanol–water partition coefficient (Wildman–Crippen LogP) is 1.76. The Balaban J connectivity index is 2.73. The van der Waals surface area contributed by atoms with Crippen LogP contribution in [0.5, 0.6) is 0 Å². The molecule has 0 spiro atoms. The topological polar surface area (TPSA) is 79.3 Å². The van der Waals surface area contributed by atoms with Gasteiger partial charge < -0.3 is 20.5 Å². The lowest BCUT2D eigenvalue weighted by Crippen LogP contribution is -2.27. The van der Waals surface area contributed by atoms with Crippen LogP contribution in [0.4, 0.5) is 11.8 Å². The van der Waals surface area contributed by atoms with Crippen molar-refractivity contribution in [2.75, 3.05) is 37.5 Å². The third-order valence-electron chi connectivity index (χ3n) is 2.46. The maximum atomic E-state index is 9.01. The Morgan fingerprint density at radius 1 is 1.53 bits per heavy atom. The van der Waals surface area contributed by atoms with Gasteiger partial charge in [0.25, 0.3) is 0 Å². The van der Waals surface area contributed by atoms with Gasteiger partial charge in [0.05, 0.1) is 18.8 Å². The fourth-order valence-electron chi connectivity index (χ4n) is 1.54. The first-order valence-electron chi connectivity index (χ1n) is 6.34. The molecule has 6 nitrogen and oxygen atoms in total. The molecule has 108 valence electrons. The number of nitrogens with zero attached hydrogens (tertiary/aromatic N) is 2. The minimum absolute atomic E-state index is 0.0403. The van der Waals surface area contributed by atoms with Crippen molar-refractivity contribution < 1.29 is 9.84 Å². The highest BCUT2D eigenvalue weighted by atomic mass is 35.5. The number of rotatable bonds is 9. The molecule has 0 saturated carbocycles. The lowest BCUT2D eigenvalue weighted by molar-refractivity contribution is 0.170. The van der Waals surface area contributed by atoms with Crippen LogP contribution in [0.15, 0.2) is 6.20 Å². The number of halogens is 1. The van der Waals surface area contributed by atoms with E-state index in [1.54, 1.807) is 13.3 Å². The van der Waals surface area contributed by atoms with E-state index >= 15 is 0 Å². The first-order chi connectivity index (χ1) is 9.21. The first-order valence-corrected chi connectivity index (χ1v) is 6.71. The van der Waals surface area contributed by atoms with Crippen LogP contribution in [0.25, 0.3) is 0 Å². The average molecular weight is 289 g/mol. The minimum atomic E-state index is -0.0403. The molecular formula is C12H21ClN4O2. The largest absolute Gasteiger partial charge is 0.396 e. The van der Waals surface area contributed by atoms with Gasteiger partial charge in [-0.05, 0) is 12.8 Å². The fraction of sp³-hybridized carbons (Fsp3) is 0.667. The zero-order valence-electron chi connectivity index (χ0n) is 11.3. The molecule has 7 heteroatoms. The van der Waals surface area contributed by atoms with Crippen molar-refractivity contribution >= 4 is 23.4 Å². The van der Waals surface area contributed by atoms with Crippen LogP contribution in [0.2, 0.25) is 5.02 Å². The molecule has 1 aromatic heterocycles. The van der Waals surface area contributed by atoms with Crippen molar-refractivity contribution in [3.8, 4) is 0 Å². The van der Waals surface area contributed by atoms with Gasteiger partial charge >= 0.3 is 0 Å². The molecular weight excluding hydrogens is 268 g/mol. The number of aliphatic hydroxyl groups is 1. The molecule has 0 amide bonds. The van der Waals surface area contributed by atoms with Gasteiger partial charge in [0, 0.05) is 20.3 Å². The molecule has 1 unspecified atom stereocenters. The van der Waals surface area contributed by atoms with E-state index in [0.717, 1.165) is 13.0 Å². The summed E-state index contributed by atoms with van der Waals surface area (Å²) in [6.45, 7) is 3.42. The van der Waals surface area contributed by atoms with Crippen molar-refractivity contribution in [3.05, 3.63) is 11.2 Å². The molecule has 19 heavy (non-hydrogen) atoms. The molecule has 0 aliphatic rings. The molecule has 3 N–H and O–H groups in total. The number of hydrogen-bond acceptors (Lipinski definition) is 6. The summed E-state index contributed by atoms with van der Waals surface area (Å²) in [7, 11) is 1.61. The van der Waals surface area contributed by atoms with Crippen LogP contribution in [-0.4, -0.2) is 48.0 Å². The Kier molecular flexibility index (Phi) is 7.47. The summed E-state index contributed by atoms with van der Waals surface area (Å²) in [6, 6.07) is -0.0403. The van der Waals surface area contributed by atoms with Crippen molar-refractivity contribution in [1.29, 1.82) is 0 Å². The summed E-state index contributed by atoms with van der Waals surface area (Å²) in [4.78, 5) is 8.41. The van der Waals surface area contributed by atoms with Gasteiger partial charge in [-0.2, -0.15) is 4.98 Å². The Labute approximate surface area is 118 Å². The van der Waals surface area contributed by atoms with Crippen LogP contribution in [-0.2, 0) is 4.74 Å². The first kappa shape index (κ1) is 15.9. The van der Waals surface area contributed by atoms with Gasteiger partial charge in [-0.3, -0.25) is 0 Å². The van der Waals surface area contributed by atoms with E-state index in [1.165, 1.54) is 0 Å². The molecule has 1 rings (SSSR count). The zero-order valence-corrected chi connectivity index (χ0v) is 12.1. The lowest BCUT2D eigenvalue weighted by atomic mass is 10.2. The predicted molar refractivity (Wildman–Crippen MR) is 76.8 cm³/mol. The lowest BCUT2D eigenvalue weighted by Gasteiger charge is -2.18. The molecule has 1 atom stereocenters. The Morgan fingerprint density at radius 3 is 2.95 bits per heavy atom. The van der Waals surface area contributed by atoms with Crippen molar-refractivity contribution in [2.45, 2.75) is 25.8 Å². The summed E-state index contributed by atoms with van der Waals surface area (Å²) in [5, 5.41) is 15.7. The van der Waals surface area contributed by atoms with Gasteiger partial charge in [0.2, 0.25) is 5.95 Å². The number of aliphatic hydroxyl groups excluding tert-OH is 1. The number of methoxy groups -OCH3 is 1. The van der Waals surface area contributed by atoms with Gasteiger partial charge in [-0.25, -0.2) is 4.98 Å². The van der Waals surface area contributed by atoms with E-state index in [9.17, 15) is 0 Å². The van der Waals surface area contributed by atoms with Crippen molar-refractivity contribution in [1.82, 2.24) is 9.97 Å². The van der Waals surface area contributed by atoms with E-state index in [1.807, 2.05) is 0 Å². The summed E-state index contributed by atoms with van der Waals surface area (Å²) >= 11 is 6.06. The number of hydrogen-bond donors (Lipinski definition) is 3. The van der Waals surface area contributed by atoms with Gasteiger partial charge in [0.15, 0.2) is 5.82 Å². The van der Waals surface area contributed by atoms with Crippen LogP contribution in [0, 0.1) is 0 Å². The molecule has 0 aliphatic carbocycles. The second-order valence-electron chi connectivity index (χ2n) is 4.13. The van der Waals surface area contributed by atoms with E-state index in [-0.39, 0.29) is 12.6 Å². The molecule has 0 aromatic carbocycles. The second-order valence-corrected chi connectivity index (χ2v) is 4.53. The van der Waals surface area contributed by atoms with Crippen LogP contribution >= 0.6 is 11.6 Å². The Morgan fingerprint density at radius 2 is 2.32 bits per heavy atom. The normalized spacial score (nSPS) is 12.2. The van der Waals surface area contributed by atoms with Crippen LogP contribution in [0.3, 0.4) is 0 Å². The van der Waals surface area contributed by atoms with Gasteiger partial charge in [0.1, 0.15) is 5.02 Å². The van der Waals surface area contributed by atoms with Gasteiger partial charge in [-0.1, -0.05) is 18.5 Å². The third-order valence-corrected chi connectivity index (χ3v) is 2.74. The highest BCUT2D eigenvalue weighted by Gasteiger charge is 2.12. The molecule has 0 fully saturated rings. The monoisotopic (exact) mass is 288 g/mol. The quantitative estimate of drug-likeness (QED) is 0.643. The SMILES string of the molecule is CCCNc1ncc(Cl)c(NC(CCO)COC)n1. The third kappa shape index (κ3) is 5.59. The summed E-state index contributed by atoms with van der Waals surface area (Å²) in [5.41, 5.74) is 0. The van der Waals surface area contributed by atoms with Crippen molar-refractivity contribution in [2.24, 2.45) is 0 Å². The summed E-state index contributed by atoms with van der Waals surface area (Å²) in [5.74, 6) is 1.08. The second kappa shape index (κ2) is 8.90. The van der Waals surface area contributed by atoms with Crippen LogP contribution in [0.1, 0.15) is 19.8 Å². The number of aromatic nitrogens is 2. The Bertz CT molecular complexity index is 373. The standard InChI is InChI=1S/C12H21ClN4O2/c1-3-5-14-12-15-7-10(13)11(17-12)16-9(4-6-18)8-19-2/h7,9,18H,3-6,8H2,1-2H3,(H2,14,15,16,17). The smallest absolute Gasteiger partial charge is 0.224 e. The van der Waals surface area contributed by atoms with Crippen LogP contribution < -0.4 is 10.6 Å². The summed E-state index contributed by atoms with van der Waals surface area (Å²) < 4.78 is 5.09. The zero-order chi connectivity index (χ0) is 14.1. The summed E-state index contributed by atoms with van der Waals surface area (Å²) in [6.07, 6.45) is 3.11. The number of ether oxygens (including phenoxy) is 1. The fourth-order valence-corrected chi connectivity index (χ4v) is 1.68. The highest BCUT2D eigenvalue weighted by Crippen LogP contribution is 2.20. The number of anilines is 2. The van der Waals surface area contributed by atoms with Gasteiger partial charge in [-0.15, -0.1) is 0 Å². The van der Waals surface area contributed by atoms with E-state index < -0.39 is 0 Å². The molecule has 0 radical (unpaired) electrons. The molecule has 0 saturated heterocycles. The van der Waals surface area contributed by atoms with Crippen molar-refractivity contribution in [3.63, 3.8) is 0 Å². The molecule has 0 aliphatic heterocycles. The van der Waals surface area contributed by atoms with E-state index in [2.05, 4.69) is 27.5 Å². The minimum Gasteiger partial charge on any atom is -0.396 e. The Hall–Kier alpha value is -1.11. The number of nitrogens with one attached hydrogen (secondary N) is 2. The average Bonchev–Trinajstić information content (AvgIpc) is 2.40. The molecule has 0 bridgehead atoms. The highest BCUT2D eigenvalue weighted by molar-refractivity contribution is 6.32. The maximum Gasteiger partial charge on any atom is 0.224 e. The van der Waals surface area contributed by atoms with E-state index in [4.69, 9.17) is 21.4 Å².